The quantitative estimate of drug-likeness (QED) is 0.227. The Bertz CT molecular complexity index is 926. The van der Waals surface area contributed by atoms with Crippen LogP contribution in [0, 0.1) is 13.8 Å². The number of allylic oxidation sites excluding steroid dienone is 1. The van der Waals surface area contributed by atoms with Crippen LogP contribution in [0.1, 0.15) is 62.6 Å². The average Bonchev–Trinajstić information content (AvgIpc) is 2.81. The van der Waals surface area contributed by atoms with Crippen LogP contribution in [0.15, 0.2) is 53.7 Å². The monoisotopic (exact) mass is 451 g/mol. The summed E-state index contributed by atoms with van der Waals surface area (Å²) in [5.74, 6) is 2.73. The molecule has 0 bridgehead atoms. The van der Waals surface area contributed by atoms with Gasteiger partial charge in [-0.1, -0.05) is 24.2 Å². The summed E-state index contributed by atoms with van der Waals surface area (Å²) in [6, 6.07) is 12.2. The number of hydrogen-bond donors (Lipinski definition) is 0. The zero-order valence-electron chi connectivity index (χ0n) is 20.6. The van der Waals surface area contributed by atoms with E-state index in [0.29, 0.717) is 6.61 Å². The van der Waals surface area contributed by atoms with Crippen molar-refractivity contribution in [2.45, 2.75) is 72.0 Å². The minimum atomic E-state index is 0.149. The molecule has 2 aromatic carbocycles. The van der Waals surface area contributed by atoms with E-state index >= 15 is 0 Å². The lowest BCUT2D eigenvalue weighted by atomic mass is 9.94. The molecule has 1 aliphatic rings. The summed E-state index contributed by atoms with van der Waals surface area (Å²) >= 11 is 0. The smallest absolute Gasteiger partial charge is 0.125 e. The highest BCUT2D eigenvalue weighted by Crippen LogP contribution is 2.33. The molecule has 1 fully saturated rings. The SMILES string of the molecule is C/C=C/COc1cc(C)c(OC2CCCC(Oc3ccc(/C(CC)=N/OC)cc3)C2)c(C)c1. The number of oxime groups is 1. The van der Waals surface area contributed by atoms with Gasteiger partial charge in [0.1, 0.15) is 43.2 Å². The summed E-state index contributed by atoms with van der Waals surface area (Å²) < 4.78 is 18.6. The zero-order chi connectivity index (χ0) is 23.6. The fourth-order valence-electron chi connectivity index (χ4n) is 4.25. The van der Waals surface area contributed by atoms with Crippen LogP contribution in [0.5, 0.6) is 17.2 Å². The summed E-state index contributed by atoms with van der Waals surface area (Å²) in [6.45, 7) is 8.81. The standard InChI is InChI=1S/C28H37NO4/c1-6-8-16-31-26-17-20(3)28(21(4)18-26)33-25-11-9-10-24(19-25)32-23-14-12-22(13-15-23)27(7-2)29-30-5/h6,8,12-15,17-18,24-25H,7,9-11,16,19H2,1-5H3/b8-6+,29-27+. The predicted molar refractivity (Wildman–Crippen MR) is 134 cm³/mol. The molecule has 0 aromatic heterocycles. The second kappa shape index (κ2) is 12.3. The molecule has 0 aliphatic heterocycles. The van der Waals surface area contributed by atoms with Gasteiger partial charge in [0.2, 0.25) is 0 Å². The summed E-state index contributed by atoms with van der Waals surface area (Å²) in [4.78, 5) is 4.94. The van der Waals surface area contributed by atoms with E-state index in [1.165, 1.54) is 0 Å². The van der Waals surface area contributed by atoms with Crippen molar-refractivity contribution in [1.82, 2.24) is 0 Å². The lowest BCUT2D eigenvalue weighted by molar-refractivity contribution is 0.0672. The van der Waals surface area contributed by atoms with E-state index < -0.39 is 0 Å². The van der Waals surface area contributed by atoms with Crippen molar-refractivity contribution in [2.75, 3.05) is 13.7 Å². The molecule has 5 heteroatoms. The molecule has 0 spiro atoms. The van der Waals surface area contributed by atoms with Gasteiger partial charge >= 0.3 is 0 Å². The van der Waals surface area contributed by atoms with Gasteiger partial charge in [-0.3, -0.25) is 0 Å². The average molecular weight is 452 g/mol. The lowest BCUT2D eigenvalue weighted by Gasteiger charge is -2.31. The van der Waals surface area contributed by atoms with E-state index in [4.69, 9.17) is 19.0 Å². The van der Waals surface area contributed by atoms with Crippen molar-refractivity contribution in [3.8, 4) is 17.2 Å². The van der Waals surface area contributed by atoms with Crippen LogP contribution >= 0.6 is 0 Å². The Morgan fingerprint density at radius 2 is 1.67 bits per heavy atom. The first-order valence-corrected chi connectivity index (χ1v) is 11.9. The Hall–Kier alpha value is -2.95. The van der Waals surface area contributed by atoms with E-state index in [-0.39, 0.29) is 12.2 Å². The second-order valence-electron chi connectivity index (χ2n) is 8.51. The maximum atomic E-state index is 6.48. The number of aryl methyl sites for hydroxylation is 2. The van der Waals surface area contributed by atoms with Gasteiger partial charge in [-0.05, 0) is 99.5 Å². The molecule has 2 unspecified atom stereocenters. The van der Waals surface area contributed by atoms with E-state index in [9.17, 15) is 0 Å². The fraction of sp³-hybridized carbons (Fsp3) is 0.464. The highest BCUT2D eigenvalue weighted by atomic mass is 16.6. The molecule has 33 heavy (non-hydrogen) atoms. The van der Waals surface area contributed by atoms with Gasteiger partial charge in [0.05, 0.1) is 5.71 Å². The summed E-state index contributed by atoms with van der Waals surface area (Å²) in [5, 5.41) is 4.09. The van der Waals surface area contributed by atoms with Crippen LogP contribution in [-0.4, -0.2) is 31.6 Å². The fourth-order valence-corrected chi connectivity index (χ4v) is 4.25. The topological polar surface area (TPSA) is 49.3 Å². The minimum absolute atomic E-state index is 0.149. The first kappa shape index (κ1) is 24.7. The molecule has 0 N–H and O–H groups in total. The van der Waals surface area contributed by atoms with Crippen molar-refractivity contribution < 1.29 is 19.0 Å². The summed E-state index contributed by atoms with van der Waals surface area (Å²) in [6.07, 6.45) is 9.17. The first-order chi connectivity index (χ1) is 16.0. The van der Waals surface area contributed by atoms with Gasteiger partial charge < -0.3 is 19.0 Å². The highest BCUT2D eigenvalue weighted by molar-refractivity contribution is 6.00. The van der Waals surface area contributed by atoms with Crippen molar-refractivity contribution in [1.29, 1.82) is 0 Å². The Labute approximate surface area is 198 Å². The molecule has 5 nitrogen and oxygen atoms in total. The van der Waals surface area contributed by atoms with Gasteiger partial charge in [-0.15, -0.1) is 0 Å². The molecule has 3 rings (SSSR count). The second-order valence-corrected chi connectivity index (χ2v) is 8.51. The van der Waals surface area contributed by atoms with Crippen LogP contribution in [0.4, 0.5) is 0 Å². The van der Waals surface area contributed by atoms with E-state index in [1.807, 2.05) is 43.3 Å². The molecular formula is C28H37NO4. The van der Waals surface area contributed by atoms with Crippen molar-refractivity contribution in [2.24, 2.45) is 5.16 Å². The highest BCUT2D eigenvalue weighted by Gasteiger charge is 2.26. The number of rotatable bonds is 10. The van der Waals surface area contributed by atoms with Crippen molar-refractivity contribution in [3.05, 3.63) is 65.2 Å². The zero-order valence-corrected chi connectivity index (χ0v) is 20.6. The van der Waals surface area contributed by atoms with E-state index in [1.54, 1.807) is 7.11 Å². The molecule has 0 heterocycles. The third-order valence-electron chi connectivity index (χ3n) is 5.90. The first-order valence-electron chi connectivity index (χ1n) is 11.9. The van der Waals surface area contributed by atoms with Gasteiger partial charge in [-0.2, -0.15) is 0 Å². The lowest BCUT2D eigenvalue weighted by Crippen LogP contribution is -2.32. The molecule has 2 aromatic rings. The van der Waals surface area contributed by atoms with Gasteiger partial charge in [0.15, 0.2) is 0 Å². The molecule has 1 aliphatic carbocycles. The Morgan fingerprint density at radius 3 is 2.27 bits per heavy atom. The molecular weight excluding hydrogens is 414 g/mol. The third-order valence-corrected chi connectivity index (χ3v) is 5.90. The molecule has 0 saturated heterocycles. The van der Waals surface area contributed by atoms with Gasteiger partial charge in [-0.25, -0.2) is 0 Å². The van der Waals surface area contributed by atoms with Gasteiger partial charge in [0.25, 0.3) is 0 Å². The Morgan fingerprint density at radius 1 is 1.00 bits per heavy atom. The van der Waals surface area contributed by atoms with Gasteiger partial charge in [0, 0.05) is 6.42 Å². The van der Waals surface area contributed by atoms with Crippen LogP contribution in [0.25, 0.3) is 0 Å². The molecule has 2 atom stereocenters. The molecule has 0 amide bonds. The minimum Gasteiger partial charge on any atom is -0.490 e. The maximum absolute atomic E-state index is 6.48. The Kier molecular flexibility index (Phi) is 9.23. The maximum Gasteiger partial charge on any atom is 0.125 e. The largest absolute Gasteiger partial charge is 0.490 e. The molecule has 1 saturated carbocycles. The van der Waals surface area contributed by atoms with Crippen LogP contribution in [0.3, 0.4) is 0 Å². The van der Waals surface area contributed by atoms with E-state index in [2.05, 4.69) is 38.1 Å². The van der Waals surface area contributed by atoms with E-state index in [0.717, 1.165) is 71.8 Å². The van der Waals surface area contributed by atoms with Crippen LogP contribution in [0.2, 0.25) is 0 Å². The number of hydrogen-bond acceptors (Lipinski definition) is 5. The number of nitrogens with zero attached hydrogens (tertiary/aromatic N) is 1. The number of benzene rings is 2. The third kappa shape index (κ3) is 7.01. The van der Waals surface area contributed by atoms with Crippen LogP contribution < -0.4 is 14.2 Å². The normalized spacial score (nSPS) is 18.9. The summed E-state index contributed by atoms with van der Waals surface area (Å²) in [5.41, 5.74) is 4.20. The summed E-state index contributed by atoms with van der Waals surface area (Å²) in [7, 11) is 1.57. The van der Waals surface area contributed by atoms with Crippen molar-refractivity contribution in [3.63, 3.8) is 0 Å². The van der Waals surface area contributed by atoms with Crippen LogP contribution in [-0.2, 0) is 4.84 Å². The van der Waals surface area contributed by atoms with Crippen molar-refractivity contribution >= 4 is 5.71 Å². The Balaban J connectivity index is 1.60. The predicted octanol–water partition coefficient (Wildman–Crippen LogP) is 6.79. The number of ether oxygens (including phenoxy) is 3. The molecule has 0 radical (unpaired) electrons. The molecule has 178 valence electrons.